The molecule has 0 bridgehead atoms. The second-order valence-corrected chi connectivity index (χ2v) is 3.96. The number of benzene rings is 1. The van der Waals surface area contributed by atoms with Crippen molar-refractivity contribution in [3.8, 4) is 11.1 Å². The molecule has 3 nitrogen and oxygen atoms in total. The molecule has 0 atom stereocenters. The van der Waals surface area contributed by atoms with Crippen LogP contribution in [0.4, 0.5) is 13.2 Å². The third-order valence-electron chi connectivity index (χ3n) is 2.60. The van der Waals surface area contributed by atoms with Crippen molar-refractivity contribution in [3.05, 3.63) is 48.3 Å². The van der Waals surface area contributed by atoms with Gasteiger partial charge in [-0.25, -0.2) is 0 Å². The zero-order valence-electron chi connectivity index (χ0n) is 9.59. The predicted octanol–water partition coefficient (Wildman–Crippen LogP) is 1.45. The van der Waals surface area contributed by atoms with Gasteiger partial charge in [-0.3, -0.25) is 4.98 Å². The summed E-state index contributed by atoms with van der Waals surface area (Å²) in [6.07, 6.45) is -1.66. The lowest BCUT2D eigenvalue weighted by molar-refractivity contribution is -0.137. The Bertz CT molecular complexity index is 570. The number of hydrogen-bond donors (Lipinski definition) is 2. The van der Waals surface area contributed by atoms with Gasteiger partial charge >= 0.3 is 13.3 Å². The molecule has 7 heteroatoms. The van der Waals surface area contributed by atoms with E-state index in [1.165, 1.54) is 30.6 Å². The van der Waals surface area contributed by atoms with Gasteiger partial charge in [-0.1, -0.05) is 18.2 Å². The van der Waals surface area contributed by atoms with Crippen LogP contribution in [0.2, 0.25) is 0 Å². The van der Waals surface area contributed by atoms with E-state index in [1.54, 1.807) is 0 Å². The maximum Gasteiger partial charge on any atom is 0.490 e. The van der Waals surface area contributed by atoms with Crippen molar-refractivity contribution < 1.29 is 23.2 Å². The van der Waals surface area contributed by atoms with E-state index in [9.17, 15) is 13.2 Å². The highest BCUT2D eigenvalue weighted by molar-refractivity contribution is 6.58. The molecule has 0 spiro atoms. The normalized spacial score (nSPS) is 11.4. The lowest BCUT2D eigenvalue weighted by atomic mass is 9.80. The minimum absolute atomic E-state index is 0.178. The number of halogens is 3. The molecular formula is C12H9BF3NO2. The first-order valence-electron chi connectivity index (χ1n) is 5.36. The molecule has 0 aliphatic carbocycles. The van der Waals surface area contributed by atoms with Crippen LogP contribution in [0.15, 0.2) is 42.7 Å². The van der Waals surface area contributed by atoms with Gasteiger partial charge in [0.25, 0.3) is 0 Å². The van der Waals surface area contributed by atoms with Gasteiger partial charge in [0, 0.05) is 17.9 Å². The van der Waals surface area contributed by atoms with E-state index in [0.29, 0.717) is 11.1 Å². The molecule has 19 heavy (non-hydrogen) atoms. The molecule has 2 aromatic rings. The molecule has 0 saturated heterocycles. The predicted molar refractivity (Wildman–Crippen MR) is 64.5 cm³/mol. The number of alkyl halides is 3. The van der Waals surface area contributed by atoms with E-state index in [-0.39, 0.29) is 5.46 Å². The van der Waals surface area contributed by atoms with Gasteiger partial charge in [-0.2, -0.15) is 13.2 Å². The largest absolute Gasteiger partial charge is 0.490 e. The van der Waals surface area contributed by atoms with E-state index in [4.69, 9.17) is 10.0 Å². The SMILES string of the molecule is OB(O)c1cncc(-c2ccc(C(F)(F)F)cc2)c1. The van der Waals surface area contributed by atoms with E-state index in [0.717, 1.165) is 12.1 Å². The molecule has 2 N–H and O–H groups in total. The van der Waals surface area contributed by atoms with E-state index < -0.39 is 18.9 Å². The summed E-state index contributed by atoms with van der Waals surface area (Å²) in [6.45, 7) is 0. The summed E-state index contributed by atoms with van der Waals surface area (Å²) in [4.78, 5) is 3.81. The molecular weight excluding hydrogens is 258 g/mol. The van der Waals surface area contributed by atoms with Crippen LogP contribution >= 0.6 is 0 Å². The van der Waals surface area contributed by atoms with Crippen LogP contribution in [0.1, 0.15) is 5.56 Å². The number of aromatic nitrogens is 1. The van der Waals surface area contributed by atoms with Crippen molar-refractivity contribution in [1.82, 2.24) is 4.98 Å². The standard InChI is InChI=1S/C12H9BF3NO2/c14-12(15,16)10-3-1-8(2-4-10)9-5-11(13(18)19)7-17-6-9/h1-7,18-19H. The fourth-order valence-corrected chi connectivity index (χ4v) is 1.61. The Labute approximate surface area is 107 Å². The number of hydrogen-bond acceptors (Lipinski definition) is 3. The van der Waals surface area contributed by atoms with Gasteiger partial charge in [0.2, 0.25) is 0 Å². The Morgan fingerprint density at radius 1 is 0.947 bits per heavy atom. The zero-order valence-corrected chi connectivity index (χ0v) is 9.59. The molecule has 0 radical (unpaired) electrons. The topological polar surface area (TPSA) is 53.4 Å². The third-order valence-corrected chi connectivity index (χ3v) is 2.60. The summed E-state index contributed by atoms with van der Waals surface area (Å²) >= 11 is 0. The average molecular weight is 267 g/mol. The van der Waals surface area contributed by atoms with Gasteiger partial charge in [0.15, 0.2) is 0 Å². The van der Waals surface area contributed by atoms with Gasteiger partial charge in [0.1, 0.15) is 0 Å². The van der Waals surface area contributed by atoms with Crippen molar-refractivity contribution in [1.29, 1.82) is 0 Å². The smallest absolute Gasteiger partial charge is 0.423 e. The van der Waals surface area contributed by atoms with Crippen LogP contribution in [0, 0.1) is 0 Å². The van der Waals surface area contributed by atoms with Gasteiger partial charge in [-0.05, 0) is 23.3 Å². The number of pyridine rings is 1. The second-order valence-electron chi connectivity index (χ2n) is 3.96. The molecule has 2 rings (SSSR count). The first-order valence-corrected chi connectivity index (χ1v) is 5.36. The lowest BCUT2D eigenvalue weighted by Crippen LogP contribution is -2.30. The van der Waals surface area contributed by atoms with Crippen molar-refractivity contribution in [2.75, 3.05) is 0 Å². The van der Waals surface area contributed by atoms with E-state index in [1.807, 2.05) is 0 Å². The van der Waals surface area contributed by atoms with Crippen LogP contribution in [0.3, 0.4) is 0 Å². The first kappa shape index (κ1) is 13.6. The Kier molecular flexibility index (Phi) is 3.59. The summed E-state index contributed by atoms with van der Waals surface area (Å²) < 4.78 is 37.2. The van der Waals surface area contributed by atoms with Crippen molar-refractivity contribution in [2.45, 2.75) is 6.18 Å². The molecule has 0 saturated carbocycles. The Morgan fingerprint density at radius 2 is 1.58 bits per heavy atom. The van der Waals surface area contributed by atoms with Crippen LogP contribution in [0.25, 0.3) is 11.1 Å². The highest BCUT2D eigenvalue weighted by Crippen LogP contribution is 2.30. The van der Waals surface area contributed by atoms with Crippen molar-refractivity contribution in [2.24, 2.45) is 0 Å². The molecule has 1 aromatic heterocycles. The quantitative estimate of drug-likeness (QED) is 0.809. The Hall–Kier alpha value is -1.86. The van der Waals surface area contributed by atoms with E-state index in [2.05, 4.69) is 4.98 Å². The average Bonchev–Trinajstić information content (AvgIpc) is 2.38. The summed E-state index contributed by atoms with van der Waals surface area (Å²) in [5, 5.41) is 18.0. The minimum Gasteiger partial charge on any atom is -0.423 e. The molecule has 0 unspecified atom stereocenters. The third kappa shape index (κ3) is 3.13. The lowest BCUT2D eigenvalue weighted by Gasteiger charge is -2.08. The van der Waals surface area contributed by atoms with Crippen LogP contribution in [-0.2, 0) is 6.18 Å². The molecule has 0 aliphatic rings. The Balaban J connectivity index is 2.35. The van der Waals surface area contributed by atoms with Gasteiger partial charge in [-0.15, -0.1) is 0 Å². The monoisotopic (exact) mass is 267 g/mol. The summed E-state index contributed by atoms with van der Waals surface area (Å²) in [7, 11) is -1.66. The fourth-order valence-electron chi connectivity index (χ4n) is 1.61. The van der Waals surface area contributed by atoms with Gasteiger partial charge < -0.3 is 10.0 Å². The van der Waals surface area contributed by atoms with Crippen molar-refractivity contribution >= 4 is 12.6 Å². The van der Waals surface area contributed by atoms with Crippen LogP contribution in [-0.4, -0.2) is 22.2 Å². The maximum atomic E-state index is 12.4. The molecule has 0 amide bonds. The maximum absolute atomic E-state index is 12.4. The summed E-state index contributed by atoms with van der Waals surface area (Å²) in [5.41, 5.74) is 0.474. The van der Waals surface area contributed by atoms with Gasteiger partial charge in [0.05, 0.1) is 5.56 Å². The second kappa shape index (κ2) is 5.03. The van der Waals surface area contributed by atoms with Crippen LogP contribution in [0.5, 0.6) is 0 Å². The number of rotatable bonds is 2. The first-order chi connectivity index (χ1) is 8.88. The summed E-state index contributed by atoms with van der Waals surface area (Å²) in [6, 6.07) is 6.02. The molecule has 1 heterocycles. The molecule has 98 valence electrons. The number of nitrogens with zero attached hydrogens (tertiary/aromatic N) is 1. The Morgan fingerprint density at radius 3 is 2.11 bits per heavy atom. The minimum atomic E-state index is -4.38. The van der Waals surface area contributed by atoms with Crippen molar-refractivity contribution in [3.63, 3.8) is 0 Å². The molecule has 1 aromatic carbocycles. The van der Waals surface area contributed by atoms with Crippen LogP contribution < -0.4 is 5.46 Å². The van der Waals surface area contributed by atoms with E-state index >= 15 is 0 Å². The molecule has 0 aliphatic heterocycles. The highest BCUT2D eigenvalue weighted by Gasteiger charge is 2.29. The molecule has 0 fully saturated rings. The zero-order chi connectivity index (χ0) is 14.0. The highest BCUT2D eigenvalue weighted by atomic mass is 19.4. The fraction of sp³-hybridized carbons (Fsp3) is 0.0833. The summed E-state index contributed by atoms with van der Waals surface area (Å²) in [5.74, 6) is 0.